The summed E-state index contributed by atoms with van der Waals surface area (Å²) in [6.45, 7) is 1.66. The number of carbonyl (C=O) groups is 1. The number of alkyl halides is 1. The van der Waals surface area contributed by atoms with Crippen LogP contribution in [0.3, 0.4) is 0 Å². The molecule has 2 amide bonds. The Hall–Kier alpha value is -1.62. The SMILES string of the molecule is COCCCCC(F)(c1ccccc1)[C@@H]1CCCN(C(N)=O)C1. The maximum Gasteiger partial charge on any atom is 0.314 e. The number of halogens is 1. The minimum absolute atomic E-state index is 0.214. The molecule has 2 N–H and O–H groups in total. The highest BCUT2D eigenvalue weighted by molar-refractivity contribution is 5.72. The number of carbonyl (C=O) groups excluding carboxylic acids is 1. The Morgan fingerprint density at radius 2 is 2.13 bits per heavy atom. The molecule has 2 rings (SSSR count). The van der Waals surface area contributed by atoms with E-state index in [-0.39, 0.29) is 5.92 Å². The maximum absolute atomic E-state index is 16.1. The summed E-state index contributed by atoms with van der Waals surface area (Å²) in [5, 5.41) is 0. The van der Waals surface area contributed by atoms with Crippen molar-refractivity contribution in [2.75, 3.05) is 26.8 Å². The number of rotatable bonds is 7. The summed E-state index contributed by atoms with van der Waals surface area (Å²) in [5.74, 6) is -0.214. The molecule has 1 aliphatic rings. The zero-order valence-electron chi connectivity index (χ0n) is 13.8. The number of primary amides is 1. The Bertz CT molecular complexity index is 497. The van der Waals surface area contributed by atoms with Gasteiger partial charge in [-0.3, -0.25) is 0 Å². The molecule has 0 saturated carbocycles. The summed E-state index contributed by atoms with van der Waals surface area (Å²) in [5.41, 5.74) is 4.67. The van der Waals surface area contributed by atoms with Crippen molar-refractivity contribution < 1.29 is 13.9 Å². The van der Waals surface area contributed by atoms with Crippen molar-refractivity contribution in [3.05, 3.63) is 35.9 Å². The number of methoxy groups -OCH3 is 1. The molecule has 1 aromatic rings. The molecule has 0 spiro atoms. The van der Waals surface area contributed by atoms with Crippen molar-refractivity contribution in [1.82, 2.24) is 4.90 Å². The Balaban J connectivity index is 2.17. The largest absolute Gasteiger partial charge is 0.385 e. The van der Waals surface area contributed by atoms with E-state index in [1.807, 2.05) is 30.3 Å². The smallest absolute Gasteiger partial charge is 0.314 e. The first-order chi connectivity index (χ1) is 11.1. The Morgan fingerprint density at radius 1 is 1.39 bits per heavy atom. The number of nitrogens with zero attached hydrogens (tertiary/aromatic N) is 1. The number of likely N-dealkylation sites (tertiary alicyclic amines) is 1. The van der Waals surface area contributed by atoms with Gasteiger partial charge in [0, 0.05) is 32.7 Å². The third kappa shape index (κ3) is 4.44. The third-order valence-electron chi connectivity index (χ3n) is 4.77. The van der Waals surface area contributed by atoms with E-state index >= 15 is 4.39 Å². The predicted molar refractivity (Wildman–Crippen MR) is 88.8 cm³/mol. The van der Waals surface area contributed by atoms with Crippen LogP contribution in [0.15, 0.2) is 30.3 Å². The van der Waals surface area contributed by atoms with Gasteiger partial charge in [0.2, 0.25) is 0 Å². The number of piperidine rings is 1. The average Bonchev–Trinajstić information content (AvgIpc) is 2.59. The van der Waals surface area contributed by atoms with Gasteiger partial charge >= 0.3 is 6.03 Å². The highest BCUT2D eigenvalue weighted by atomic mass is 19.1. The van der Waals surface area contributed by atoms with Gasteiger partial charge in [-0.1, -0.05) is 30.3 Å². The van der Waals surface area contributed by atoms with E-state index in [0.717, 1.165) is 25.7 Å². The summed E-state index contributed by atoms with van der Waals surface area (Å²) in [7, 11) is 1.66. The fourth-order valence-corrected chi connectivity index (χ4v) is 3.48. The lowest BCUT2D eigenvalue weighted by atomic mass is 9.75. The minimum atomic E-state index is -1.43. The van der Waals surface area contributed by atoms with Gasteiger partial charge in [-0.15, -0.1) is 0 Å². The molecule has 0 aromatic heterocycles. The van der Waals surface area contributed by atoms with Crippen LogP contribution in [0.5, 0.6) is 0 Å². The second-order valence-corrected chi connectivity index (χ2v) is 6.30. The standard InChI is InChI=1S/C18H27FN2O2/c1-23-13-6-5-11-18(19,15-8-3-2-4-9-15)16-10-7-12-21(14-16)17(20)22/h2-4,8-9,16H,5-7,10-14H2,1H3,(H2,20,22)/t16-,18?/m1/s1. The molecule has 1 fully saturated rings. The number of nitrogens with two attached hydrogens (primary N) is 1. The van der Waals surface area contributed by atoms with Crippen LogP contribution in [0.1, 0.15) is 37.7 Å². The van der Waals surface area contributed by atoms with Gasteiger partial charge in [-0.05, 0) is 37.7 Å². The fourth-order valence-electron chi connectivity index (χ4n) is 3.48. The maximum atomic E-state index is 16.1. The van der Waals surface area contributed by atoms with Crippen molar-refractivity contribution in [3.63, 3.8) is 0 Å². The fraction of sp³-hybridized carbons (Fsp3) is 0.611. The number of ether oxygens (including phenoxy) is 1. The number of hydrogen-bond acceptors (Lipinski definition) is 2. The zero-order valence-corrected chi connectivity index (χ0v) is 13.8. The third-order valence-corrected chi connectivity index (χ3v) is 4.77. The van der Waals surface area contributed by atoms with Gasteiger partial charge in [0.25, 0.3) is 0 Å². The van der Waals surface area contributed by atoms with Gasteiger partial charge in [0.15, 0.2) is 0 Å². The predicted octanol–water partition coefficient (Wildman–Crippen LogP) is 3.46. The topological polar surface area (TPSA) is 55.6 Å². The minimum Gasteiger partial charge on any atom is -0.385 e. The lowest BCUT2D eigenvalue weighted by Crippen LogP contribution is -2.48. The summed E-state index contributed by atoms with van der Waals surface area (Å²) in [4.78, 5) is 13.0. The van der Waals surface area contributed by atoms with Crippen LogP contribution in [0, 0.1) is 5.92 Å². The molecule has 1 aliphatic heterocycles. The van der Waals surface area contributed by atoms with E-state index in [0.29, 0.717) is 31.7 Å². The molecular weight excluding hydrogens is 295 g/mol. The number of urea groups is 1. The van der Waals surface area contributed by atoms with Crippen LogP contribution >= 0.6 is 0 Å². The van der Waals surface area contributed by atoms with E-state index < -0.39 is 11.7 Å². The lowest BCUT2D eigenvalue weighted by Gasteiger charge is -2.40. The summed E-state index contributed by atoms with van der Waals surface area (Å²) < 4.78 is 21.1. The molecule has 0 aliphatic carbocycles. The van der Waals surface area contributed by atoms with Crippen LogP contribution in [-0.2, 0) is 10.4 Å². The normalized spacial score (nSPS) is 21.0. The molecule has 1 saturated heterocycles. The first-order valence-electron chi connectivity index (χ1n) is 8.35. The van der Waals surface area contributed by atoms with Crippen LogP contribution < -0.4 is 5.73 Å². The Labute approximate surface area is 137 Å². The highest BCUT2D eigenvalue weighted by Crippen LogP contribution is 2.43. The van der Waals surface area contributed by atoms with E-state index in [9.17, 15) is 4.79 Å². The van der Waals surface area contributed by atoms with Crippen molar-refractivity contribution in [1.29, 1.82) is 0 Å². The Kier molecular flexibility index (Phi) is 6.39. The molecule has 1 unspecified atom stereocenters. The molecule has 1 heterocycles. The molecule has 4 nitrogen and oxygen atoms in total. The molecule has 5 heteroatoms. The van der Waals surface area contributed by atoms with Gasteiger partial charge < -0.3 is 15.4 Å². The van der Waals surface area contributed by atoms with Gasteiger partial charge in [0.05, 0.1) is 0 Å². The number of benzene rings is 1. The first-order valence-corrected chi connectivity index (χ1v) is 8.35. The van der Waals surface area contributed by atoms with E-state index in [4.69, 9.17) is 10.5 Å². The van der Waals surface area contributed by atoms with Gasteiger partial charge in [-0.25, -0.2) is 9.18 Å². The van der Waals surface area contributed by atoms with Crippen LogP contribution in [0.25, 0.3) is 0 Å². The Morgan fingerprint density at radius 3 is 2.78 bits per heavy atom. The zero-order chi connectivity index (χ0) is 16.7. The van der Waals surface area contributed by atoms with E-state index in [1.54, 1.807) is 12.0 Å². The monoisotopic (exact) mass is 322 g/mol. The number of amides is 2. The number of hydrogen-bond donors (Lipinski definition) is 1. The second kappa shape index (κ2) is 8.29. The molecule has 1 aromatic carbocycles. The molecule has 0 bridgehead atoms. The number of unbranched alkanes of at least 4 members (excludes halogenated alkanes) is 1. The molecule has 0 radical (unpaired) electrons. The molecule has 2 atom stereocenters. The van der Waals surface area contributed by atoms with Crippen molar-refractivity contribution in [3.8, 4) is 0 Å². The summed E-state index contributed by atoms with van der Waals surface area (Å²) in [6, 6.07) is 8.87. The van der Waals surface area contributed by atoms with Gasteiger partial charge in [-0.2, -0.15) is 0 Å². The first kappa shape index (κ1) is 17.7. The van der Waals surface area contributed by atoms with Crippen LogP contribution in [0.2, 0.25) is 0 Å². The summed E-state index contributed by atoms with van der Waals surface area (Å²) in [6.07, 6.45) is 3.61. The van der Waals surface area contributed by atoms with E-state index in [1.165, 1.54) is 0 Å². The van der Waals surface area contributed by atoms with Crippen molar-refractivity contribution >= 4 is 6.03 Å². The lowest BCUT2D eigenvalue weighted by molar-refractivity contribution is 0.0222. The summed E-state index contributed by atoms with van der Waals surface area (Å²) >= 11 is 0. The van der Waals surface area contributed by atoms with Crippen LogP contribution in [0.4, 0.5) is 9.18 Å². The highest BCUT2D eigenvalue weighted by Gasteiger charge is 2.42. The molecular formula is C18H27FN2O2. The quantitative estimate of drug-likeness (QED) is 0.782. The van der Waals surface area contributed by atoms with Crippen LogP contribution in [-0.4, -0.2) is 37.7 Å². The second-order valence-electron chi connectivity index (χ2n) is 6.30. The average molecular weight is 322 g/mol. The van der Waals surface area contributed by atoms with Crippen molar-refractivity contribution in [2.24, 2.45) is 11.7 Å². The molecule has 128 valence electrons. The molecule has 23 heavy (non-hydrogen) atoms. The van der Waals surface area contributed by atoms with E-state index in [2.05, 4.69) is 0 Å². The van der Waals surface area contributed by atoms with Gasteiger partial charge in [0.1, 0.15) is 5.67 Å². The van der Waals surface area contributed by atoms with Crippen molar-refractivity contribution in [2.45, 2.75) is 37.8 Å².